The van der Waals surface area contributed by atoms with Crippen molar-refractivity contribution >= 4 is 0 Å². The Balaban J connectivity index is 2.21. The lowest BCUT2D eigenvalue weighted by Crippen LogP contribution is -2.37. The summed E-state index contributed by atoms with van der Waals surface area (Å²) in [6.07, 6.45) is 2.39. The molecule has 0 aliphatic heterocycles. The molecule has 0 amide bonds. The van der Waals surface area contributed by atoms with Crippen LogP contribution >= 0.6 is 0 Å². The molecule has 0 unspecified atom stereocenters. The molecule has 0 heterocycles. The van der Waals surface area contributed by atoms with Crippen molar-refractivity contribution in [2.75, 3.05) is 19.7 Å². The predicted octanol–water partition coefficient (Wildman–Crippen LogP) is 2.03. The zero-order chi connectivity index (χ0) is 10.8. The third kappa shape index (κ3) is 2.96. The second-order valence-electron chi connectivity index (χ2n) is 5.90. The van der Waals surface area contributed by atoms with Gasteiger partial charge < -0.3 is 10.4 Å². The first-order valence-corrected chi connectivity index (χ1v) is 5.73. The van der Waals surface area contributed by atoms with E-state index in [0.717, 1.165) is 13.1 Å². The lowest BCUT2D eigenvalue weighted by atomic mass is 9.81. The monoisotopic (exact) mass is 199 g/mol. The first kappa shape index (κ1) is 12.0. The van der Waals surface area contributed by atoms with Gasteiger partial charge in [-0.25, -0.2) is 0 Å². The van der Waals surface area contributed by atoms with E-state index in [1.54, 1.807) is 0 Å². The van der Waals surface area contributed by atoms with Gasteiger partial charge >= 0.3 is 0 Å². The van der Waals surface area contributed by atoms with Gasteiger partial charge in [-0.15, -0.1) is 0 Å². The fourth-order valence-electron chi connectivity index (χ4n) is 1.42. The van der Waals surface area contributed by atoms with Crippen LogP contribution in [0.1, 0.15) is 40.5 Å². The van der Waals surface area contributed by atoms with Gasteiger partial charge in [-0.2, -0.15) is 0 Å². The van der Waals surface area contributed by atoms with Gasteiger partial charge in [0.15, 0.2) is 0 Å². The molecule has 2 nitrogen and oxygen atoms in total. The molecule has 1 rings (SSSR count). The molecular weight excluding hydrogens is 174 g/mol. The molecule has 1 saturated carbocycles. The van der Waals surface area contributed by atoms with E-state index in [1.807, 2.05) is 0 Å². The number of aliphatic hydroxyl groups is 1. The van der Waals surface area contributed by atoms with Crippen molar-refractivity contribution in [2.45, 2.75) is 40.5 Å². The fourth-order valence-corrected chi connectivity index (χ4v) is 1.42. The molecule has 0 atom stereocenters. The van der Waals surface area contributed by atoms with E-state index >= 15 is 0 Å². The SMILES string of the molecule is CC(C)C(C)(C)CNCC1(CO)CC1. The molecule has 14 heavy (non-hydrogen) atoms. The Morgan fingerprint density at radius 3 is 2.29 bits per heavy atom. The first-order chi connectivity index (χ1) is 6.42. The van der Waals surface area contributed by atoms with E-state index in [4.69, 9.17) is 5.11 Å². The van der Waals surface area contributed by atoms with E-state index in [-0.39, 0.29) is 5.41 Å². The maximum absolute atomic E-state index is 9.16. The number of rotatable bonds is 6. The minimum Gasteiger partial charge on any atom is -0.396 e. The Morgan fingerprint density at radius 1 is 1.36 bits per heavy atom. The highest BCUT2D eigenvalue weighted by atomic mass is 16.3. The van der Waals surface area contributed by atoms with Crippen LogP contribution in [0, 0.1) is 16.7 Å². The van der Waals surface area contributed by atoms with Crippen molar-refractivity contribution in [1.29, 1.82) is 0 Å². The molecule has 0 radical (unpaired) electrons. The summed E-state index contributed by atoms with van der Waals surface area (Å²) in [7, 11) is 0. The quantitative estimate of drug-likeness (QED) is 0.686. The highest BCUT2D eigenvalue weighted by Gasteiger charge is 2.41. The van der Waals surface area contributed by atoms with E-state index < -0.39 is 0 Å². The molecule has 1 fully saturated rings. The summed E-state index contributed by atoms with van der Waals surface area (Å²) < 4.78 is 0. The fraction of sp³-hybridized carbons (Fsp3) is 1.00. The van der Waals surface area contributed by atoms with Gasteiger partial charge in [-0.05, 0) is 24.2 Å². The Morgan fingerprint density at radius 2 is 1.93 bits per heavy atom. The van der Waals surface area contributed by atoms with Crippen LogP contribution in [0.25, 0.3) is 0 Å². The molecule has 0 aromatic heterocycles. The summed E-state index contributed by atoms with van der Waals surface area (Å²) in [6.45, 7) is 11.5. The van der Waals surface area contributed by atoms with Crippen LogP contribution in [-0.2, 0) is 0 Å². The van der Waals surface area contributed by atoms with Crippen molar-refractivity contribution in [2.24, 2.45) is 16.7 Å². The van der Waals surface area contributed by atoms with Gasteiger partial charge in [-0.1, -0.05) is 27.7 Å². The van der Waals surface area contributed by atoms with Gasteiger partial charge in [-0.3, -0.25) is 0 Å². The molecule has 84 valence electrons. The van der Waals surface area contributed by atoms with Crippen LogP contribution in [-0.4, -0.2) is 24.8 Å². The Bertz CT molecular complexity index is 183. The van der Waals surface area contributed by atoms with Crippen molar-refractivity contribution in [3.63, 3.8) is 0 Å². The van der Waals surface area contributed by atoms with Crippen LogP contribution in [0.3, 0.4) is 0 Å². The van der Waals surface area contributed by atoms with Crippen LogP contribution in [0.4, 0.5) is 0 Å². The predicted molar refractivity (Wildman–Crippen MR) is 60.2 cm³/mol. The Labute approximate surface area is 88.1 Å². The molecule has 2 heteroatoms. The molecule has 0 spiro atoms. The summed E-state index contributed by atoms with van der Waals surface area (Å²) in [5, 5.41) is 12.7. The highest BCUT2D eigenvalue weighted by molar-refractivity contribution is 4.94. The lowest BCUT2D eigenvalue weighted by Gasteiger charge is -2.30. The average molecular weight is 199 g/mol. The molecular formula is C12H25NO. The standard InChI is InChI=1S/C12H25NO/c1-10(2)11(3,4)7-13-8-12(9-14)5-6-12/h10,13-14H,5-9H2,1-4H3. The molecule has 0 aromatic rings. The van der Waals surface area contributed by atoms with E-state index in [9.17, 15) is 0 Å². The van der Waals surface area contributed by atoms with Gasteiger partial charge in [0.05, 0.1) is 0 Å². The molecule has 1 aliphatic carbocycles. The van der Waals surface area contributed by atoms with E-state index in [0.29, 0.717) is 17.9 Å². The van der Waals surface area contributed by atoms with Gasteiger partial charge in [0.1, 0.15) is 0 Å². The third-order valence-electron chi connectivity index (χ3n) is 3.94. The summed E-state index contributed by atoms with van der Waals surface area (Å²) in [5.41, 5.74) is 0.596. The number of nitrogens with one attached hydrogen (secondary N) is 1. The van der Waals surface area contributed by atoms with Crippen LogP contribution in [0.15, 0.2) is 0 Å². The van der Waals surface area contributed by atoms with E-state index in [1.165, 1.54) is 12.8 Å². The molecule has 2 N–H and O–H groups in total. The highest BCUT2D eigenvalue weighted by Crippen LogP contribution is 2.44. The minimum atomic E-state index is 0.243. The van der Waals surface area contributed by atoms with Crippen molar-refractivity contribution in [1.82, 2.24) is 5.32 Å². The lowest BCUT2D eigenvalue weighted by molar-refractivity contribution is 0.189. The summed E-state index contributed by atoms with van der Waals surface area (Å²) in [5.74, 6) is 0.694. The minimum absolute atomic E-state index is 0.243. The number of aliphatic hydroxyl groups excluding tert-OH is 1. The van der Waals surface area contributed by atoms with Crippen molar-refractivity contribution < 1.29 is 5.11 Å². The topological polar surface area (TPSA) is 32.3 Å². The molecule has 1 aliphatic rings. The van der Waals surface area contributed by atoms with Crippen molar-refractivity contribution in [3.05, 3.63) is 0 Å². The summed E-state index contributed by atoms with van der Waals surface area (Å²) in [6, 6.07) is 0. The molecule has 0 aromatic carbocycles. The molecule has 0 bridgehead atoms. The van der Waals surface area contributed by atoms with Crippen LogP contribution < -0.4 is 5.32 Å². The van der Waals surface area contributed by atoms with Crippen LogP contribution in [0.2, 0.25) is 0 Å². The zero-order valence-electron chi connectivity index (χ0n) is 10.1. The number of hydrogen-bond acceptors (Lipinski definition) is 2. The average Bonchev–Trinajstić information content (AvgIpc) is 2.85. The Kier molecular flexibility index (Phi) is 3.59. The maximum atomic E-state index is 9.16. The van der Waals surface area contributed by atoms with Gasteiger partial charge in [0.2, 0.25) is 0 Å². The van der Waals surface area contributed by atoms with Gasteiger partial charge in [0.25, 0.3) is 0 Å². The normalized spacial score (nSPS) is 20.1. The Hall–Kier alpha value is -0.0800. The second kappa shape index (κ2) is 4.19. The summed E-state index contributed by atoms with van der Waals surface area (Å²) >= 11 is 0. The van der Waals surface area contributed by atoms with Crippen molar-refractivity contribution in [3.8, 4) is 0 Å². The number of hydrogen-bond donors (Lipinski definition) is 2. The largest absolute Gasteiger partial charge is 0.396 e. The van der Waals surface area contributed by atoms with Crippen LogP contribution in [0.5, 0.6) is 0 Å². The third-order valence-corrected chi connectivity index (χ3v) is 3.94. The zero-order valence-corrected chi connectivity index (χ0v) is 10.1. The maximum Gasteiger partial charge on any atom is 0.0499 e. The smallest absolute Gasteiger partial charge is 0.0499 e. The first-order valence-electron chi connectivity index (χ1n) is 5.73. The second-order valence-corrected chi connectivity index (χ2v) is 5.90. The van der Waals surface area contributed by atoms with Gasteiger partial charge in [0, 0.05) is 25.1 Å². The summed E-state index contributed by atoms with van der Waals surface area (Å²) in [4.78, 5) is 0. The molecule has 0 saturated heterocycles. The van der Waals surface area contributed by atoms with E-state index in [2.05, 4.69) is 33.0 Å².